The van der Waals surface area contributed by atoms with Crippen LogP contribution in [0.4, 0.5) is 0 Å². The number of rotatable bonds is 18. The van der Waals surface area contributed by atoms with Gasteiger partial charge in [0.25, 0.3) is 0 Å². The highest BCUT2D eigenvalue weighted by Gasteiger charge is 2.55. The summed E-state index contributed by atoms with van der Waals surface area (Å²) in [5.41, 5.74) is 0. The molecule has 14 heteroatoms. The molecule has 0 N–H and O–H groups in total. The van der Waals surface area contributed by atoms with Crippen LogP contribution in [0.3, 0.4) is 0 Å². The Bertz CT molecular complexity index is 1800. The predicted octanol–water partition coefficient (Wildman–Crippen LogP) is 12.4. The molecule has 8 aliphatic heterocycles. The monoisotopic (exact) mass is 1090 g/mol. The van der Waals surface area contributed by atoms with E-state index in [1.165, 1.54) is 0 Å². The lowest BCUT2D eigenvalue weighted by atomic mass is 9.78. The molecular weight excluding hydrogens is 981 g/mol. The first-order valence-electron chi connectivity index (χ1n) is 31.7. The lowest BCUT2D eigenvalue weighted by molar-refractivity contribution is -0.369. The first-order chi connectivity index (χ1) is 36.6. The van der Waals surface area contributed by atoms with Crippen LogP contribution in [0.25, 0.3) is 0 Å². The smallest absolute Gasteiger partial charge is 0.161 e. The van der Waals surface area contributed by atoms with Gasteiger partial charge in [-0.1, -0.05) is 145 Å². The van der Waals surface area contributed by atoms with Gasteiger partial charge in [-0.2, -0.15) is 0 Å². The molecule has 8 heterocycles. The third-order valence-corrected chi connectivity index (χ3v) is 22.3. The van der Waals surface area contributed by atoms with Gasteiger partial charge in [0, 0.05) is 41.4 Å². The lowest BCUT2D eigenvalue weighted by Gasteiger charge is -2.52. The van der Waals surface area contributed by atoms with E-state index in [0.717, 1.165) is 38.5 Å². The number of ether oxygens (including phenoxy) is 14. The SMILES string of the molecule is CCC1O[C@@H](O[C@@H]2C(CC)O[C@@H](O[C@@H]3C(CC)O[C@@H](O[C@H]4C(C)C(C)[C@@H]5OC[C@@H]4O5)C(C)[C@H]3C)C(C)[C@H]2C)C(C)C(C)[C@@H]1O[C@H]1OC(CC)[C@@H](O[C@@H]2OC(CC)[C@@H](O[C@@H]3OC(CC)[C@@H](C)[C@H](C)C3C)[C@H](C)C2C)C(C)C1C. The van der Waals surface area contributed by atoms with Gasteiger partial charge in [-0.3, -0.25) is 0 Å². The van der Waals surface area contributed by atoms with E-state index >= 15 is 0 Å². The topological polar surface area (TPSA) is 129 Å². The van der Waals surface area contributed by atoms with Crippen molar-refractivity contribution in [3.05, 3.63) is 0 Å². The molecule has 35 atom stereocenters. The molecule has 0 aromatic rings. The summed E-state index contributed by atoms with van der Waals surface area (Å²) in [6.07, 6.45) is 1.26. The molecule has 0 spiro atoms. The third kappa shape index (κ3) is 12.5. The van der Waals surface area contributed by atoms with Gasteiger partial charge in [-0.25, -0.2) is 0 Å². The van der Waals surface area contributed by atoms with Crippen molar-refractivity contribution in [1.29, 1.82) is 0 Å². The number of hydrogen-bond donors (Lipinski definition) is 0. The minimum Gasteiger partial charge on any atom is -0.350 e. The van der Waals surface area contributed by atoms with Gasteiger partial charge in [0.2, 0.25) is 0 Å². The van der Waals surface area contributed by atoms with E-state index in [1.807, 2.05) is 0 Å². The van der Waals surface area contributed by atoms with Crippen LogP contribution >= 0.6 is 0 Å². The van der Waals surface area contributed by atoms with E-state index in [-0.39, 0.29) is 170 Å². The second-order valence-electron chi connectivity index (χ2n) is 26.6. The third-order valence-electron chi connectivity index (χ3n) is 22.3. The number of hydrogen-bond acceptors (Lipinski definition) is 14. The number of fused-ring (bicyclic) bond motifs is 2. The molecule has 0 aromatic carbocycles. The summed E-state index contributed by atoms with van der Waals surface area (Å²) in [5.74, 6) is 3.11. The van der Waals surface area contributed by atoms with E-state index in [2.05, 4.69) is 145 Å². The van der Waals surface area contributed by atoms with Gasteiger partial charge in [0.15, 0.2) is 44.0 Å². The molecule has 0 amide bonds. The molecule has 8 saturated heterocycles. The molecule has 14 nitrogen and oxygen atoms in total. The molecule has 8 rings (SSSR count). The minimum absolute atomic E-state index is 0.0570. The Labute approximate surface area is 467 Å². The Morgan fingerprint density at radius 1 is 0.247 bits per heavy atom. The van der Waals surface area contributed by atoms with Crippen molar-refractivity contribution in [1.82, 2.24) is 0 Å². The van der Waals surface area contributed by atoms with Crippen molar-refractivity contribution in [2.75, 3.05) is 6.61 Å². The zero-order chi connectivity index (χ0) is 56.1. The van der Waals surface area contributed by atoms with Crippen molar-refractivity contribution < 1.29 is 66.3 Å². The maximum Gasteiger partial charge on any atom is 0.161 e. The fraction of sp³-hybridized carbons (Fsp3) is 1.00. The molecule has 8 aliphatic rings. The minimum atomic E-state index is -0.415. The molecule has 16 unspecified atom stereocenters. The molecule has 0 saturated carbocycles. The Hall–Kier alpha value is -0.560. The van der Waals surface area contributed by atoms with Crippen molar-refractivity contribution in [3.63, 3.8) is 0 Å². The Morgan fingerprint density at radius 2 is 0.481 bits per heavy atom. The lowest BCUT2D eigenvalue weighted by Crippen LogP contribution is -2.60. The van der Waals surface area contributed by atoms with Crippen molar-refractivity contribution in [2.24, 2.45) is 88.8 Å². The maximum absolute atomic E-state index is 7.18. The first kappa shape index (κ1) is 62.5. The van der Waals surface area contributed by atoms with Crippen LogP contribution in [0.5, 0.6) is 0 Å². The van der Waals surface area contributed by atoms with Gasteiger partial charge in [0.05, 0.1) is 79.9 Å². The van der Waals surface area contributed by atoms with E-state index in [9.17, 15) is 0 Å². The quantitative estimate of drug-likeness (QED) is 0.129. The second-order valence-corrected chi connectivity index (χ2v) is 26.6. The summed E-state index contributed by atoms with van der Waals surface area (Å²) < 4.78 is 96.0. The van der Waals surface area contributed by atoms with E-state index in [0.29, 0.717) is 30.3 Å². The summed E-state index contributed by atoms with van der Waals surface area (Å²) in [5, 5.41) is 0. The average Bonchev–Trinajstić information content (AvgIpc) is 3.94. The fourth-order valence-electron chi connectivity index (χ4n) is 14.8. The molecule has 448 valence electrons. The normalized spacial score (nSPS) is 54.6. The van der Waals surface area contributed by atoms with Crippen LogP contribution in [-0.2, 0) is 66.3 Å². The van der Waals surface area contributed by atoms with Gasteiger partial charge in [-0.15, -0.1) is 0 Å². The summed E-state index contributed by atoms with van der Waals surface area (Å²) >= 11 is 0. The van der Waals surface area contributed by atoms with Crippen LogP contribution in [0.2, 0.25) is 0 Å². The molecular formula is C63H112O14. The van der Waals surface area contributed by atoms with Gasteiger partial charge < -0.3 is 66.3 Å². The molecule has 0 aliphatic carbocycles. The molecule has 77 heavy (non-hydrogen) atoms. The van der Waals surface area contributed by atoms with E-state index in [4.69, 9.17) is 66.3 Å². The summed E-state index contributed by atoms with van der Waals surface area (Å²) in [7, 11) is 0. The van der Waals surface area contributed by atoms with Crippen LogP contribution in [0.1, 0.15) is 184 Å². The zero-order valence-electron chi connectivity index (χ0n) is 51.9. The highest BCUT2D eigenvalue weighted by molar-refractivity contribution is 4.97. The van der Waals surface area contributed by atoms with Gasteiger partial charge >= 0.3 is 0 Å². The van der Waals surface area contributed by atoms with Crippen molar-refractivity contribution in [3.8, 4) is 0 Å². The standard InChI is InChI=1S/C63H112O14/c1-22-44-30(8)29(7)37(15)58(65-44)72-51-32(10)39(17)59(66-45(51)23-2)73-52-33(11)40(18)60(67-46(52)24-3)74-53-34(12)41(19)61(68-47(53)25-4)75-54-35(13)42(20)62(69-48(54)26-5)76-55-36(14)43(21)63(70-49(55)27-6)77-56-31(9)38(16)57-64-28-50(56)71-57/h29-63H,22-28H2,1-21H3/t29-,30-,31?,32+,33?,34?,35+,36+,37?,38?,39?,40?,41?,42?,43?,44?,45?,46?,47?,48?,49?,50-,51-,52-,53-,54-,55-,56-,57+,58-,59-,60+,61-,62-,63-/m0/s1. The highest BCUT2D eigenvalue weighted by Crippen LogP contribution is 2.48. The van der Waals surface area contributed by atoms with Crippen molar-refractivity contribution >= 4 is 0 Å². The largest absolute Gasteiger partial charge is 0.350 e. The maximum atomic E-state index is 7.18. The molecule has 0 aromatic heterocycles. The Kier molecular flexibility index (Phi) is 21.6. The van der Waals surface area contributed by atoms with Crippen LogP contribution < -0.4 is 0 Å². The summed E-state index contributed by atoms with van der Waals surface area (Å²) in [4.78, 5) is 0. The highest BCUT2D eigenvalue weighted by atomic mass is 16.8. The Morgan fingerprint density at radius 3 is 0.753 bits per heavy atom. The molecule has 8 fully saturated rings. The molecule has 0 radical (unpaired) electrons. The zero-order valence-corrected chi connectivity index (χ0v) is 51.9. The van der Waals surface area contributed by atoms with E-state index in [1.54, 1.807) is 0 Å². The first-order valence-corrected chi connectivity index (χ1v) is 31.7. The predicted molar refractivity (Wildman–Crippen MR) is 295 cm³/mol. The second kappa shape index (κ2) is 26.6. The summed E-state index contributed by atoms with van der Waals surface area (Å²) in [6.45, 7) is 47.8. The van der Waals surface area contributed by atoms with Crippen LogP contribution in [0.15, 0.2) is 0 Å². The fourth-order valence-corrected chi connectivity index (χ4v) is 14.8. The van der Waals surface area contributed by atoms with Crippen LogP contribution in [0, 0.1) is 88.8 Å². The van der Waals surface area contributed by atoms with Crippen LogP contribution in [-0.4, -0.2) is 130 Å². The van der Waals surface area contributed by atoms with Gasteiger partial charge in [0.1, 0.15) is 6.10 Å². The van der Waals surface area contributed by atoms with Gasteiger partial charge in [-0.05, 0) is 85.9 Å². The average molecular weight is 1090 g/mol. The Balaban J connectivity index is 0.859. The van der Waals surface area contributed by atoms with E-state index < -0.39 is 18.9 Å². The summed E-state index contributed by atoms with van der Waals surface area (Å²) in [6, 6.07) is 0. The molecule has 2 bridgehead atoms. The van der Waals surface area contributed by atoms with Crippen molar-refractivity contribution in [2.45, 2.75) is 307 Å².